The monoisotopic (exact) mass is 477 g/mol. The van der Waals surface area contributed by atoms with Crippen LogP contribution < -0.4 is 10.6 Å². The second kappa shape index (κ2) is 10.4. The molecule has 0 aliphatic heterocycles. The Morgan fingerprint density at radius 1 is 1.06 bits per heavy atom. The summed E-state index contributed by atoms with van der Waals surface area (Å²) in [5.74, 6) is 1.31. The third-order valence-electron chi connectivity index (χ3n) is 5.30. The van der Waals surface area contributed by atoms with Crippen molar-refractivity contribution in [3.05, 3.63) is 76.8 Å². The highest BCUT2D eigenvalue weighted by atomic mass is 16.5. The third-order valence-corrected chi connectivity index (χ3v) is 5.30. The summed E-state index contributed by atoms with van der Waals surface area (Å²) in [5.41, 5.74) is 3.78. The maximum absolute atomic E-state index is 12.4. The Kier molecular flexibility index (Phi) is 7.11. The Balaban J connectivity index is 1.35. The van der Waals surface area contributed by atoms with Crippen LogP contribution in [0.25, 0.3) is 11.5 Å². The van der Waals surface area contributed by atoms with Gasteiger partial charge in [-0.2, -0.15) is 5.10 Å². The third kappa shape index (κ3) is 5.85. The lowest BCUT2D eigenvalue weighted by atomic mass is 10.2. The molecule has 3 aromatic heterocycles. The Bertz CT molecular complexity index is 1330. The van der Waals surface area contributed by atoms with Crippen LogP contribution in [0.15, 0.2) is 51.3 Å². The number of carbonyl (C=O) groups excluding carboxylic acids is 2. The summed E-state index contributed by atoms with van der Waals surface area (Å²) in [7, 11) is 1.56. The molecule has 0 saturated heterocycles. The first-order chi connectivity index (χ1) is 16.8. The predicted molar refractivity (Wildman–Crippen MR) is 128 cm³/mol. The molecule has 0 fully saturated rings. The first kappa shape index (κ1) is 24.0. The SMILES string of the molecule is COCc1ccc(C(=O)Nc2ccc(-c3nc(CNC(=O)Cn4nc(C)cc4C)c(C)o3)cc2)o1. The quantitative estimate of drug-likeness (QED) is 0.376. The molecule has 2 amide bonds. The van der Waals surface area contributed by atoms with Crippen molar-refractivity contribution in [1.82, 2.24) is 20.1 Å². The normalized spacial score (nSPS) is 11.0. The molecule has 35 heavy (non-hydrogen) atoms. The van der Waals surface area contributed by atoms with Gasteiger partial charge < -0.3 is 24.2 Å². The van der Waals surface area contributed by atoms with Gasteiger partial charge in [0.05, 0.1) is 12.2 Å². The van der Waals surface area contributed by atoms with E-state index in [2.05, 4.69) is 20.7 Å². The van der Waals surface area contributed by atoms with Crippen LogP contribution in [0.2, 0.25) is 0 Å². The van der Waals surface area contributed by atoms with E-state index >= 15 is 0 Å². The lowest BCUT2D eigenvalue weighted by Crippen LogP contribution is -2.28. The first-order valence-electron chi connectivity index (χ1n) is 11.1. The fourth-order valence-electron chi connectivity index (χ4n) is 3.53. The molecule has 182 valence electrons. The number of hydrogen-bond acceptors (Lipinski definition) is 7. The summed E-state index contributed by atoms with van der Waals surface area (Å²) >= 11 is 0. The molecule has 0 atom stereocenters. The van der Waals surface area contributed by atoms with Crippen molar-refractivity contribution in [3.63, 3.8) is 0 Å². The minimum absolute atomic E-state index is 0.141. The summed E-state index contributed by atoms with van der Waals surface area (Å²) in [6.45, 7) is 6.29. The number of hydrogen-bond donors (Lipinski definition) is 2. The minimum Gasteiger partial charge on any atom is -0.453 e. The van der Waals surface area contributed by atoms with E-state index in [1.165, 1.54) is 0 Å². The number of carbonyl (C=O) groups is 2. The first-order valence-corrected chi connectivity index (χ1v) is 11.1. The van der Waals surface area contributed by atoms with Crippen molar-refractivity contribution in [3.8, 4) is 11.5 Å². The van der Waals surface area contributed by atoms with E-state index in [0.29, 0.717) is 35.4 Å². The lowest BCUT2D eigenvalue weighted by molar-refractivity contribution is -0.122. The van der Waals surface area contributed by atoms with Crippen molar-refractivity contribution in [1.29, 1.82) is 0 Å². The number of aromatic nitrogens is 3. The number of anilines is 1. The Morgan fingerprint density at radius 2 is 1.83 bits per heavy atom. The predicted octanol–water partition coefficient (Wildman–Crippen LogP) is 3.77. The van der Waals surface area contributed by atoms with Crippen LogP contribution in [0.4, 0.5) is 5.69 Å². The largest absolute Gasteiger partial charge is 0.453 e. The molecule has 10 nitrogen and oxygen atoms in total. The summed E-state index contributed by atoms with van der Waals surface area (Å²) in [6.07, 6.45) is 0. The molecule has 0 radical (unpaired) electrons. The zero-order valence-corrected chi connectivity index (χ0v) is 20.0. The van der Waals surface area contributed by atoms with E-state index in [1.807, 2.05) is 19.9 Å². The number of oxazole rings is 1. The number of aryl methyl sites for hydroxylation is 3. The molecule has 2 N–H and O–H groups in total. The number of amides is 2. The number of furan rings is 1. The highest BCUT2D eigenvalue weighted by Crippen LogP contribution is 2.24. The van der Waals surface area contributed by atoms with E-state index in [1.54, 1.807) is 55.1 Å². The van der Waals surface area contributed by atoms with Crippen LogP contribution in [0, 0.1) is 20.8 Å². The zero-order chi connectivity index (χ0) is 24.9. The number of benzene rings is 1. The zero-order valence-electron chi connectivity index (χ0n) is 20.0. The standard InChI is InChI=1S/C25H27N5O5/c1-15-11-16(2)30(29-15)13-23(31)26-12-21-17(3)34-25(28-21)18-5-7-19(8-6-18)27-24(32)22-10-9-20(35-22)14-33-4/h5-11H,12-14H2,1-4H3,(H,26,31)(H,27,32). The van der Waals surface area contributed by atoms with Crippen LogP contribution >= 0.6 is 0 Å². The number of nitrogens with zero attached hydrogens (tertiary/aromatic N) is 3. The molecule has 0 aliphatic carbocycles. The summed E-state index contributed by atoms with van der Waals surface area (Å²) < 4.78 is 17.9. The number of nitrogens with one attached hydrogen (secondary N) is 2. The smallest absolute Gasteiger partial charge is 0.291 e. The maximum atomic E-state index is 12.4. The highest BCUT2D eigenvalue weighted by molar-refractivity contribution is 6.02. The average Bonchev–Trinajstić information content (AvgIpc) is 3.52. The van der Waals surface area contributed by atoms with Crippen LogP contribution in [0.5, 0.6) is 0 Å². The molecule has 0 bridgehead atoms. The van der Waals surface area contributed by atoms with Crippen molar-refractivity contribution < 1.29 is 23.2 Å². The molecular formula is C25H27N5O5. The molecule has 0 aliphatic rings. The van der Waals surface area contributed by atoms with Gasteiger partial charge >= 0.3 is 0 Å². The van der Waals surface area contributed by atoms with E-state index < -0.39 is 0 Å². The van der Waals surface area contributed by atoms with Crippen molar-refractivity contribution in [2.45, 2.75) is 40.5 Å². The summed E-state index contributed by atoms with van der Waals surface area (Å²) in [4.78, 5) is 29.2. The van der Waals surface area contributed by atoms with Gasteiger partial charge in [0, 0.05) is 24.1 Å². The van der Waals surface area contributed by atoms with Gasteiger partial charge in [-0.1, -0.05) is 0 Å². The number of methoxy groups -OCH3 is 1. The lowest BCUT2D eigenvalue weighted by Gasteiger charge is -2.05. The highest BCUT2D eigenvalue weighted by Gasteiger charge is 2.15. The van der Waals surface area contributed by atoms with Gasteiger partial charge in [-0.25, -0.2) is 4.98 Å². The molecular weight excluding hydrogens is 450 g/mol. The Morgan fingerprint density at radius 3 is 2.51 bits per heavy atom. The molecule has 3 heterocycles. The Hall–Kier alpha value is -4.18. The summed E-state index contributed by atoms with van der Waals surface area (Å²) in [6, 6.07) is 12.3. The van der Waals surface area contributed by atoms with Gasteiger partial charge in [0.1, 0.15) is 30.4 Å². The van der Waals surface area contributed by atoms with Gasteiger partial charge in [0.2, 0.25) is 11.8 Å². The van der Waals surface area contributed by atoms with Gasteiger partial charge in [0.25, 0.3) is 5.91 Å². The van der Waals surface area contributed by atoms with E-state index in [9.17, 15) is 9.59 Å². The summed E-state index contributed by atoms with van der Waals surface area (Å²) in [5, 5.41) is 9.95. The number of rotatable bonds is 9. The van der Waals surface area contributed by atoms with Gasteiger partial charge in [0.15, 0.2) is 5.76 Å². The molecule has 0 unspecified atom stereocenters. The molecule has 4 aromatic rings. The topological polar surface area (TPSA) is 124 Å². The van der Waals surface area contributed by atoms with Gasteiger partial charge in [-0.3, -0.25) is 14.3 Å². The number of ether oxygens (including phenoxy) is 1. The van der Waals surface area contributed by atoms with E-state index in [0.717, 1.165) is 17.0 Å². The van der Waals surface area contributed by atoms with Gasteiger partial charge in [-0.15, -0.1) is 0 Å². The molecule has 0 spiro atoms. The van der Waals surface area contributed by atoms with Crippen LogP contribution in [0.3, 0.4) is 0 Å². The maximum Gasteiger partial charge on any atom is 0.291 e. The fourth-order valence-corrected chi connectivity index (χ4v) is 3.53. The molecule has 4 rings (SSSR count). The van der Waals surface area contributed by atoms with Crippen molar-refractivity contribution in [2.24, 2.45) is 0 Å². The molecule has 0 saturated carbocycles. The second-order valence-electron chi connectivity index (χ2n) is 8.11. The second-order valence-corrected chi connectivity index (χ2v) is 8.11. The Labute approximate surface area is 202 Å². The molecule has 10 heteroatoms. The van der Waals surface area contributed by atoms with E-state index in [-0.39, 0.29) is 30.7 Å². The molecule has 1 aromatic carbocycles. The van der Waals surface area contributed by atoms with Gasteiger partial charge in [-0.05, 0) is 63.2 Å². The van der Waals surface area contributed by atoms with Crippen LogP contribution in [0.1, 0.15) is 39.2 Å². The van der Waals surface area contributed by atoms with E-state index in [4.69, 9.17) is 13.6 Å². The van der Waals surface area contributed by atoms with Crippen molar-refractivity contribution >= 4 is 17.5 Å². The van der Waals surface area contributed by atoms with Crippen LogP contribution in [-0.4, -0.2) is 33.7 Å². The van der Waals surface area contributed by atoms with Crippen LogP contribution in [-0.2, 0) is 29.2 Å². The van der Waals surface area contributed by atoms with Crippen molar-refractivity contribution in [2.75, 3.05) is 12.4 Å². The average molecular weight is 478 g/mol. The fraction of sp³-hybridized carbons (Fsp3) is 0.280. The minimum atomic E-state index is -0.356.